The molecule has 5 nitrogen and oxygen atoms in total. The average molecular weight is 168 g/mol. The van der Waals surface area contributed by atoms with Gasteiger partial charge in [-0.2, -0.15) is 4.98 Å². The van der Waals surface area contributed by atoms with Gasteiger partial charge in [0.15, 0.2) is 5.82 Å². The van der Waals surface area contributed by atoms with Crippen molar-refractivity contribution in [2.45, 2.75) is 13.3 Å². The van der Waals surface area contributed by atoms with Crippen LogP contribution >= 0.6 is 0 Å². The fraction of sp³-hybridized carbons (Fsp3) is 0.429. The van der Waals surface area contributed by atoms with E-state index in [1.807, 2.05) is 6.92 Å². The lowest BCUT2D eigenvalue weighted by molar-refractivity contribution is 0.0943. The number of rotatable bonds is 3. The van der Waals surface area contributed by atoms with Gasteiger partial charge in [0.05, 0.1) is 6.20 Å². The third-order valence-electron chi connectivity index (χ3n) is 1.30. The first kappa shape index (κ1) is 8.58. The standard InChI is InChI=1S/C7H10N3O2/c1-2-3-8-7(12)6-9-4-5(11)10-6/h4H,2-3H2,1H3,(H,8,12)(H,9,10). The highest BCUT2D eigenvalue weighted by atomic mass is 16.3. The van der Waals surface area contributed by atoms with Crippen molar-refractivity contribution in [3.05, 3.63) is 12.0 Å². The summed E-state index contributed by atoms with van der Waals surface area (Å²) in [6.07, 6.45) is 2.01. The summed E-state index contributed by atoms with van der Waals surface area (Å²) >= 11 is 0. The normalized spacial score (nSPS) is 9.75. The van der Waals surface area contributed by atoms with Crippen molar-refractivity contribution in [3.8, 4) is 5.88 Å². The number of hydrogen-bond donors (Lipinski definition) is 2. The van der Waals surface area contributed by atoms with Crippen molar-refractivity contribution < 1.29 is 9.90 Å². The van der Waals surface area contributed by atoms with Crippen LogP contribution in [0.3, 0.4) is 0 Å². The van der Waals surface area contributed by atoms with Gasteiger partial charge >= 0.3 is 0 Å². The molecule has 2 N–H and O–H groups in total. The molecule has 1 aromatic rings. The summed E-state index contributed by atoms with van der Waals surface area (Å²) in [4.78, 5) is 17.0. The first-order valence-corrected chi connectivity index (χ1v) is 3.74. The van der Waals surface area contributed by atoms with Gasteiger partial charge < -0.3 is 10.3 Å². The van der Waals surface area contributed by atoms with Crippen LogP contribution in [0, 0.1) is 0 Å². The van der Waals surface area contributed by atoms with Gasteiger partial charge in [-0.1, -0.05) is 6.92 Å². The van der Waals surface area contributed by atoms with E-state index < -0.39 is 5.88 Å². The summed E-state index contributed by atoms with van der Waals surface area (Å²) in [7, 11) is 0. The molecule has 0 atom stereocenters. The Hall–Kier alpha value is -1.52. The monoisotopic (exact) mass is 168 g/mol. The molecule has 0 bridgehead atoms. The second kappa shape index (κ2) is 3.75. The van der Waals surface area contributed by atoms with E-state index >= 15 is 0 Å². The first-order valence-electron chi connectivity index (χ1n) is 3.74. The van der Waals surface area contributed by atoms with E-state index in [1.165, 1.54) is 0 Å². The fourth-order valence-corrected chi connectivity index (χ4v) is 0.743. The minimum Gasteiger partial charge on any atom is -0.349 e. The van der Waals surface area contributed by atoms with Gasteiger partial charge in [0.2, 0.25) is 0 Å². The predicted octanol–water partition coefficient (Wildman–Crippen LogP) is 0.693. The van der Waals surface area contributed by atoms with E-state index in [1.54, 1.807) is 0 Å². The average Bonchev–Trinajstić information content (AvgIpc) is 2.47. The molecule has 1 heterocycles. The summed E-state index contributed by atoms with van der Waals surface area (Å²) in [6, 6.07) is 0. The molecule has 0 aliphatic heterocycles. The van der Waals surface area contributed by atoms with Crippen LogP contribution in [-0.4, -0.2) is 22.4 Å². The summed E-state index contributed by atoms with van der Waals surface area (Å²) in [6.45, 7) is 2.54. The van der Waals surface area contributed by atoms with Gasteiger partial charge in [-0.15, -0.1) is 0 Å². The van der Waals surface area contributed by atoms with Crippen molar-refractivity contribution in [2.75, 3.05) is 6.54 Å². The number of H-pyrrole nitrogens is 1. The van der Waals surface area contributed by atoms with E-state index in [9.17, 15) is 9.90 Å². The molecule has 0 aromatic carbocycles. The first-order chi connectivity index (χ1) is 5.74. The van der Waals surface area contributed by atoms with E-state index in [-0.39, 0.29) is 11.7 Å². The number of aromatic amines is 1. The third kappa shape index (κ3) is 1.98. The summed E-state index contributed by atoms with van der Waals surface area (Å²) < 4.78 is 0. The maximum atomic E-state index is 11.1. The quantitative estimate of drug-likeness (QED) is 0.696. The van der Waals surface area contributed by atoms with Gasteiger partial charge in [0.25, 0.3) is 11.8 Å². The number of imidazole rings is 1. The van der Waals surface area contributed by atoms with Crippen LogP contribution in [0.1, 0.15) is 24.0 Å². The summed E-state index contributed by atoms with van der Waals surface area (Å²) in [5, 5.41) is 13.1. The van der Waals surface area contributed by atoms with Gasteiger partial charge in [0.1, 0.15) is 0 Å². The summed E-state index contributed by atoms with van der Waals surface area (Å²) in [5.74, 6) is -0.677. The Bertz CT molecular complexity index is 269. The van der Waals surface area contributed by atoms with Gasteiger partial charge in [-0.25, -0.2) is 0 Å². The molecular weight excluding hydrogens is 158 g/mol. The zero-order chi connectivity index (χ0) is 8.97. The SMILES string of the molecule is CCCNC(=O)c1nc([O])c[nH]1. The van der Waals surface area contributed by atoms with Gasteiger partial charge in [-0.05, 0) is 6.42 Å². The molecule has 0 spiro atoms. The van der Waals surface area contributed by atoms with Crippen LogP contribution in [0.2, 0.25) is 0 Å². The molecule has 12 heavy (non-hydrogen) atoms. The van der Waals surface area contributed by atoms with Crippen molar-refractivity contribution in [1.29, 1.82) is 0 Å². The largest absolute Gasteiger partial charge is 0.349 e. The number of amides is 1. The van der Waals surface area contributed by atoms with Crippen LogP contribution in [0.4, 0.5) is 0 Å². The molecule has 0 aliphatic carbocycles. The van der Waals surface area contributed by atoms with Crippen molar-refractivity contribution >= 4 is 5.91 Å². The molecule has 1 amide bonds. The maximum Gasteiger partial charge on any atom is 0.288 e. The second-order valence-electron chi connectivity index (χ2n) is 2.34. The fourth-order valence-electron chi connectivity index (χ4n) is 0.743. The highest BCUT2D eigenvalue weighted by Crippen LogP contribution is 2.03. The number of nitrogens with zero attached hydrogens (tertiary/aromatic N) is 1. The lowest BCUT2D eigenvalue weighted by Crippen LogP contribution is -2.24. The second-order valence-corrected chi connectivity index (χ2v) is 2.34. The van der Waals surface area contributed by atoms with E-state index in [4.69, 9.17) is 0 Å². The molecule has 1 rings (SSSR count). The maximum absolute atomic E-state index is 11.1. The van der Waals surface area contributed by atoms with Gasteiger partial charge in [0, 0.05) is 6.54 Å². The molecule has 0 unspecified atom stereocenters. The Morgan fingerprint density at radius 3 is 3.00 bits per heavy atom. The predicted molar refractivity (Wildman–Crippen MR) is 41.3 cm³/mol. The Morgan fingerprint density at radius 1 is 1.75 bits per heavy atom. The number of nitrogens with one attached hydrogen (secondary N) is 2. The molecule has 65 valence electrons. The molecule has 0 saturated heterocycles. The Kier molecular flexibility index (Phi) is 2.68. The van der Waals surface area contributed by atoms with Crippen molar-refractivity contribution in [1.82, 2.24) is 15.3 Å². The zero-order valence-corrected chi connectivity index (χ0v) is 6.76. The van der Waals surface area contributed by atoms with Crippen LogP contribution in [0.5, 0.6) is 5.88 Å². The number of hydrogen-bond acceptors (Lipinski definition) is 2. The van der Waals surface area contributed by atoms with Crippen LogP contribution < -0.4 is 5.32 Å². The lowest BCUT2D eigenvalue weighted by Gasteiger charge is -1.97. The molecule has 5 heteroatoms. The molecule has 1 radical (unpaired) electrons. The minimum absolute atomic E-state index is 0.0773. The molecule has 0 saturated carbocycles. The van der Waals surface area contributed by atoms with E-state index in [0.717, 1.165) is 12.6 Å². The Morgan fingerprint density at radius 2 is 2.50 bits per heavy atom. The topological polar surface area (TPSA) is 77.7 Å². The number of aromatic nitrogens is 2. The Labute approximate surface area is 69.8 Å². The minimum atomic E-state index is -0.420. The molecular formula is C7H10N3O2. The van der Waals surface area contributed by atoms with Crippen LogP contribution in [0.15, 0.2) is 6.20 Å². The zero-order valence-electron chi connectivity index (χ0n) is 6.76. The number of carbonyl (C=O) groups is 1. The van der Waals surface area contributed by atoms with Crippen molar-refractivity contribution in [3.63, 3.8) is 0 Å². The lowest BCUT2D eigenvalue weighted by atomic mass is 10.4. The van der Waals surface area contributed by atoms with Crippen LogP contribution in [-0.2, 0) is 5.11 Å². The van der Waals surface area contributed by atoms with E-state index in [2.05, 4.69) is 15.3 Å². The third-order valence-corrected chi connectivity index (χ3v) is 1.30. The molecule has 0 aliphatic rings. The summed E-state index contributed by atoms with van der Waals surface area (Å²) in [5.41, 5.74) is 0. The van der Waals surface area contributed by atoms with Gasteiger partial charge in [-0.3, -0.25) is 9.90 Å². The molecule has 1 aromatic heterocycles. The van der Waals surface area contributed by atoms with E-state index in [0.29, 0.717) is 6.54 Å². The number of carbonyl (C=O) groups excluding carboxylic acids is 1. The highest BCUT2D eigenvalue weighted by Gasteiger charge is 2.08. The molecule has 0 fully saturated rings. The van der Waals surface area contributed by atoms with Crippen LogP contribution in [0.25, 0.3) is 0 Å². The smallest absolute Gasteiger partial charge is 0.288 e. The highest BCUT2D eigenvalue weighted by molar-refractivity contribution is 5.90. The van der Waals surface area contributed by atoms with Crippen molar-refractivity contribution in [2.24, 2.45) is 0 Å². The Balaban J connectivity index is 2.53.